The maximum atomic E-state index is 12.2. The third kappa shape index (κ3) is 3.16. The minimum atomic E-state index is -0.848. The average Bonchev–Trinajstić information content (AvgIpc) is 2.48. The van der Waals surface area contributed by atoms with Crippen molar-refractivity contribution in [3.05, 3.63) is 31.3 Å². The van der Waals surface area contributed by atoms with Crippen LogP contribution in [0.5, 0.6) is 0 Å². The summed E-state index contributed by atoms with van der Waals surface area (Å²) in [6.45, 7) is 0. The molecule has 1 fully saturated rings. The van der Waals surface area contributed by atoms with Gasteiger partial charge in [-0.25, -0.2) is 4.79 Å². The number of halogens is 2. The summed E-state index contributed by atoms with van der Waals surface area (Å²) >= 11 is 5.49. The van der Waals surface area contributed by atoms with Crippen LogP contribution in [0.1, 0.15) is 41.6 Å². The highest BCUT2D eigenvalue weighted by molar-refractivity contribution is 14.1. The average molecular weight is 482 g/mol. The van der Waals surface area contributed by atoms with E-state index in [2.05, 4.69) is 38.5 Å². The largest absolute Gasteiger partial charge is 0.465 e. The van der Waals surface area contributed by atoms with Gasteiger partial charge in [0.2, 0.25) is 5.91 Å². The third-order valence-electron chi connectivity index (χ3n) is 4.26. The summed E-state index contributed by atoms with van der Waals surface area (Å²) in [5.74, 6) is -0.893. The van der Waals surface area contributed by atoms with E-state index in [1.807, 2.05) is 0 Å². The minimum Gasteiger partial charge on any atom is -0.465 e. The molecule has 1 aliphatic carbocycles. The maximum absolute atomic E-state index is 12.2. The van der Waals surface area contributed by atoms with Gasteiger partial charge in [-0.3, -0.25) is 4.79 Å². The number of rotatable bonds is 3. The minimum absolute atomic E-state index is 0.365. The van der Waals surface area contributed by atoms with Crippen LogP contribution in [0.3, 0.4) is 0 Å². The second-order valence-corrected chi connectivity index (χ2v) is 7.50. The van der Waals surface area contributed by atoms with Gasteiger partial charge in [0, 0.05) is 8.04 Å². The van der Waals surface area contributed by atoms with Crippen molar-refractivity contribution in [3.63, 3.8) is 0 Å². The van der Waals surface area contributed by atoms with Gasteiger partial charge in [-0.2, -0.15) is 0 Å². The van der Waals surface area contributed by atoms with Crippen LogP contribution in [0.2, 0.25) is 0 Å². The zero-order valence-electron chi connectivity index (χ0n) is 12.1. The number of benzene rings is 1. The Balaban J connectivity index is 2.57. The van der Waals surface area contributed by atoms with Crippen molar-refractivity contribution in [1.29, 1.82) is 0 Å². The van der Waals surface area contributed by atoms with Crippen molar-refractivity contribution in [1.82, 2.24) is 0 Å². The van der Waals surface area contributed by atoms with E-state index in [-0.39, 0.29) is 0 Å². The summed E-state index contributed by atoms with van der Waals surface area (Å²) in [6, 6.07) is 3.47. The summed E-state index contributed by atoms with van der Waals surface area (Å²) < 4.78 is 6.25. The smallest absolute Gasteiger partial charge is 0.339 e. The molecule has 3 N–H and O–H groups in total. The van der Waals surface area contributed by atoms with Crippen LogP contribution < -0.4 is 5.73 Å². The van der Waals surface area contributed by atoms with Gasteiger partial charge in [0.1, 0.15) is 0 Å². The summed E-state index contributed by atoms with van der Waals surface area (Å²) in [5.41, 5.74) is 5.94. The molecule has 0 aliphatic heterocycles. The van der Waals surface area contributed by atoms with Crippen LogP contribution in [0, 0.1) is 3.57 Å². The number of methoxy groups -OCH3 is 1. The van der Waals surface area contributed by atoms with E-state index >= 15 is 0 Å². The molecule has 0 bridgehead atoms. The van der Waals surface area contributed by atoms with Crippen molar-refractivity contribution in [2.75, 3.05) is 7.11 Å². The molecule has 1 saturated carbocycles. The highest BCUT2D eigenvalue weighted by atomic mass is 127. The highest BCUT2D eigenvalue weighted by Crippen LogP contribution is 2.42. The summed E-state index contributed by atoms with van der Waals surface area (Å²) in [4.78, 5) is 24.1. The fourth-order valence-electron chi connectivity index (χ4n) is 2.93. The Hall–Kier alpha value is -0.670. The lowest BCUT2D eigenvalue weighted by Gasteiger charge is -2.37. The molecule has 22 heavy (non-hydrogen) atoms. The summed E-state index contributed by atoms with van der Waals surface area (Å²) in [5, 5.41) is 9.73. The number of ether oxygens (including phenoxy) is 1. The molecule has 0 atom stereocenters. The molecule has 1 amide bonds. The molecule has 5 nitrogen and oxygen atoms in total. The number of aliphatic hydroxyl groups excluding tert-OH is 1. The van der Waals surface area contributed by atoms with Crippen LogP contribution in [-0.2, 0) is 14.9 Å². The Labute approximate surface area is 150 Å². The first-order valence-corrected chi connectivity index (χ1v) is 8.75. The number of carbonyl (C=O) groups is 2. The fraction of sp³-hybridized carbons (Fsp3) is 0.467. The zero-order valence-corrected chi connectivity index (χ0v) is 15.8. The van der Waals surface area contributed by atoms with E-state index in [1.165, 1.54) is 7.11 Å². The Kier molecular flexibility index (Phi) is 5.50. The van der Waals surface area contributed by atoms with Crippen molar-refractivity contribution in [2.24, 2.45) is 5.73 Å². The molecule has 1 aromatic carbocycles. The van der Waals surface area contributed by atoms with Crippen molar-refractivity contribution in [3.8, 4) is 0 Å². The molecule has 2 rings (SSSR count). The third-order valence-corrected chi connectivity index (χ3v) is 5.81. The SMILES string of the molecule is COC(=O)c1cc(C2(C(N)=O)CCC(O)CC2)c(I)cc1Br. The Morgan fingerprint density at radius 1 is 1.41 bits per heavy atom. The van der Waals surface area contributed by atoms with Gasteiger partial charge in [0.25, 0.3) is 0 Å². The standard InChI is InChI=1S/C15H17BrINO4/c1-22-13(20)9-6-10(12(17)7-11(9)16)15(14(18)21)4-2-8(19)3-5-15/h6-8,19H,2-5H2,1H3,(H2,18,21). The molecule has 7 heteroatoms. The van der Waals surface area contributed by atoms with E-state index in [1.54, 1.807) is 12.1 Å². The van der Waals surface area contributed by atoms with Crippen molar-refractivity contribution < 1.29 is 19.4 Å². The number of hydrogen-bond acceptors (Lipinski definition) is 4. The van der Waals surface area contributed by atoms with Gasteiger partial charge in [-0.05, 0) is 81.9 Å². The molecule has 0 heterocycles. The first-order chi connectivity index (χ1) is 10.3. The number of hydrogen-bond donors (Lipinski definition) is 2. The Morgan fingerprint density at radius 3 is 2.50 bits per heavy atom. The molecule has 0 radical (unpaired) electrons. The molecule has 1 aromatic rings. The molecule has 1 aliphatic rings. The van der Waals surface area contributed by atoms with Gasteiger partial charge in [-0.1, -0.05) is 0 Å². The second kappa shape index (κ2) is 6.84. The molecule has 0 unspecified atom stereocenters. The molecule has 120 valence electrons. The fourth-order valence-corrected chi connectivity index (χ4v) is 4.84. The number of esters is 1. The number of nitrogens with two attached hydrogens (primary N) is 1. The normalized spacial score (nSPS) is 24.8. The van der Waals surface area contributed by atoms with Crippen molar-refractivity contribution in [2.45, 2.75) is 37.2 Å². The molecule has 0 aromatic heterocycles. The Morgan fingerprint density at radius 2 is 2.00 bits per heavy atom. The first kappa shape index (κ1) is 17.7. The van der Waals surface area contributed by atoms with Crippen LogP contribution in [0.25, 0.3) is 0 Å². The number of primary amides is 1. The molecule has 0 saturated heterocycles. The van der Waals surface area contributed by atoms with Crippen LogP contribution in [0.15, 0.2) is 16.6 Å². The molecular formula is C15H17BrINO4. The molecule has 0 spiro atoms. The van der Waals surface area contributed by atoms with E-state index in [9.17, 15) is 14.7 Å². The van der Waals surface area contributed by atoms with Gasteiger partial charge in [0.05, 0.1) is 24.2 Å². The van der Waals surface area contributed by atoms with Gasteiger partial charge in [-0.15, -0.1) is 0 Å². The Bertz CT molecular complexity index is 612. The van der Waals surface area contributed by atoms with E-state index in [0.29, 0.717) is 35.7 Å². The lowest BCUT2D eigenvalue weighted by Crippen LogP contribution is -2.45. The summed E-state index contributed by atoms with van der Waals surface area (Å²) in [6.07, 6.45) is 1.58. The van der Waals surface area contributed by atoms with E-state index in [4.69, 9.17) is 10.5 Å². The van der Waals surface area contributed by atoms with Gasteiger partial charge < -0.3 is 15.6 Å². The van der Waals surface area contributed by atoms with E-state index in [0.717, 1.165) is 9.13 Å². The monoisotopic (exact) mass is 481 g/mol. The predicted octanol–water partition coefficient (Wildman–Crippen LogP) is 2.50. The maximum Gasteiger partial charge on any atom is 0.339 e. The molecular weight excluding hydrogens is 465 g/mol. The first-order valence-electron chi connectivity index (χ1n) is 6.87. The van der Waals surface area contributed by atoms with Gasteiger partial charge >= 0.3 is 5.97 Å². The predicted molar refractivity (Wildman–Crippen MR) is 93.5 cm³/mol. The number of carbonyl (C=O) groups excluding carboxylic acids is 2. The second-order valence-electron chi connectivity index (χ2n) is 5.48. The van der Waals surface area contributed by atoms with Crippen LogP contribution >= 0.6 is 38.5 Å². The van der Waals surface area contributed by atoms with Crippen LogP contribution in [0.4, 0.5) is 0 Å². The highest BCUT2D eigenvalue weighted by Gasteiger charge is 2.43. The number of amides is 1. The van der Waals surface area contributed by atoms with Crippen molar-refractivity contribution >= 4 is 50.4 Å². The van der Waals surface area contributed by atoms with E-state index < -0.39 is 23.4 Å². The zero-order chi connectivity index (χ0) is 16.5. The number of aliphatic hydroxyl groups is 1. The lowest BCUT2D eigenvalue weighted by atomic mass is 9.68. The lowest BCUT2D eigenvalue weighted by molar-refractivity contribution is -0.125. The van der Waals surface area contributed by atoms with Gasteiger partial charge in [0.15, 0.2) is 0 Å². The summed E-state index contributed by atoms with van der Waals surface area (Å²) in [7, 11) is 1.31. The topological polar surface area (TPSA) is 89.6 Å². The van der Waals surface area contributed by atoms with Crippen LogP contribution in [-0.4, -0.2) is 30.2 Å². The quantitative estimate of drug-likeness (QED) is 0.512.